The Morgan fingerprint density at radius 2 is 1.30 bits per heavy atom. The van der Waals surface area contributed by atoms with E-state index in [1.165, 1.54) is 0 Å². The Bertz CT molecular complexity index is 543. The van der Waals surface area contributed by atoms with Gasteiger partial charge in [0.05, 0.1) is 4.90 Å². The molecule has 0 aliphatic heterocycles. The summed E-state index contributed by atoms with van der Waals surface area (Å²) in [4.78, 5) is 0.425. The summed E-state index contributed by atoms with van der Waals surface area (Å²) in [6.45, 7) is 13.9. The van der Waals surface area contributed by atoms with Crippen LogP contribution in [0.2, 0.25) is 0 Å². The lowest BCUT2D eigenvalue weighted by molar-refractivity contribution is 0.355. The van der Waals surface area contributed by atoms with Crippen molar-refractivity contribution in [3.63, 3.8) is 0 Å². The Labute approximate surface area is 123 Å². The van der Waals surface area contributed by atoms with Crippen LogP contribution in [-0.4, -0.2) is 14.5 Å². The minimum Gasteiger partial charge on any atom is -0.208 e. The monoisotopic (exact) mass is 297 g/mol. The van der Waals surface area contributed by atoms with E-state index in [0.29, 0.717) is 4.90 Å². The number of hydrogen-bond acceptors (Lipinski definition) is 2. The molecule has 1 aromatic carbocycles. The Morgan fingerprint density at radius 1 is 0.900 bits per heavy atom. The lowest BCUT2D eigenvalue weighted by Crippen LogP contribution is -2.42. The van der Waals surface area contributed by atoms with Crippen LogP contribution in [0.5, 0.6) is 0 Å². The largest absolute Gasteiger partial charge is 0.241 e. The summed E-state index contributed by atoms with van der Waals surface area (Å²) in [6.07, 6.45) is 0. The van der Waals surface area contributed by atoms with E-state index in [1.807, 2.05) is 60.6 Å². The van der Waals surface area contributed by atoms with Gasteiger partial charge in [-0.3, -0.25) is 0 Å². The number of aryl methyl sites for hydroxylation is 3. The van der Waals surface area contributed by atoms with Crippen molar-refractivity contribution in [1.82, 2.24) is 4.72 Å². The maximum Gasteiger partial charge on any atom is 0.241 e. The highest BCUT2D eigenvalue weighted by atomic mass is 32.2. The molecule has 1 rings (SSSR count). The van der Waals surface area contributed by atoms with Gasteiger partial charge in [0.15, 0.2) is 0 Å². The maximum absolute atomic E-state index is 12.7. The zero-order valence-electron chi connectivity index (χ0n) is 13.6. The number of nitrogens with one attached hydrogen (secondary N) is 1. The Hall–Kier alpha value is -0.870. The topological polar surface area (TPSA) is 46.2 Å². The van der Waals surface area contributed by atoms with Crippen LogP contribution < -0.4 is 4.72 Å². The lowest BCUT2D eigenvalue weighted by Gasteiger charge is -2.26. The molecule has 0 amide bonds. The Balaban J connectivity index is 3.24. The first kappa shape index (κ1) is 17.2. The SMILES string of the molecule is Cc1cc(C)c(S(=O)(=O)NC(C(C)C)C(C)C)c(C)c1. The zero-order chi connectivity index (χ0) is 15.7. The lowest BCUT2D eigenvalue weighted by atomic mass is 9.94. The quantitative estimate of drug-likeness (QED) is 0.903. The molecule has 20 heavy (non-hydrogen) atoms. The molecule has 0 radical (unpaired) electrons. The molecule has 0 saturated heterocycles. The van der Waals surface area contributed by atoms with Crippen LogP contribution in [-0.2, 0) is 10.0 Å². The van der Waals surface area contributed by atoms with Gasteiger partial charge in [-0.2, -0.15) is 0 Å². The summed E-state index contributed by atoms with van der Waals surface area (Å²) >= 11 is 0. The molecular formula is C16H27NO2S. The summed E-state index contributed by atoms with van der Waals surface area (Å²) in [5.41, 5.74) is 2.70. The normalized spacial score (nSPS) is 12.7. The van der Waals surface area contributed by atoms with Crippen molar-refractivity contribution in [2.45, 2.75) is 59.4 Å². The van der Waals surface area contributed by atoms with Gasteiger partial charge in [-0.05, 0) is 43.7 Å². The summed E-state index contributed by atoms with van der Waals surface area (Å²) in [5.74, 6) is 0.520. The van der Waals surface area contributed by atoms with E-state index in [9.17, 15) is 8.42 Å². The van der Waals surface area contributed by atoms with Gasteiger partial charge in [0, 0.05) is 6.04 Å². The van der Waals surface area contributed by atoms with Gasteiger partial charge in [0.1, 0.15) is 0 Å². The van der Waals surface area contributed by atoms with Gasteiger partial charge < -0.3 is 0 Å². The standard InChI is InChI=1S/C16H27NO2S/c1-10(2)15(11(3)4)17-20(18,19)16-13(6)8-12(5)9-14(16)7/h8-11,15,17H,1-7H3. The van der Waals surface area contributed by atoms with Crippen LogP contribution in [0.15, 0.2) is 17.0 Å². The fourth-order valence-corrected chi connectivity index (χ4v) is 4.86. The fourth-order valence-electron chi connectivity index (χ4n) is 2.87. The molecule has 0 atom stereocenters. The maximum atomic E-state index is 12.7. The molecule has 4 heteroatoms. The molecule has 3 nitrogen and oxygen atoms in total. The van der Waals surface area contributed by atoms with Crippen LogP contribution in [0.1, 0.15) is 44.4 Å². The first-order valence-electron chi connectivity index (χ1n) is 7.16. The second-order valence-corrected chi connectivity index (χ2v) is 8.01. The van der Waals surface area contributed by atoms with E-state index in [2.05, 4.69) is 4.72 Å². The fraction of sp³-hybridized carbons (Fsp3) is 0.625. The number of sulfonamides is 1. The molecule has 0 spiro atoms. The van der Waals surface area contributed by atoms with Gasteiger partial charge in [0.25, 0.3) is 0 Å². The third kappa shape index (κ3) is 3.83. The second-order valence-electron chi connectivity index (χ2n) is 6.36. The Kier molecular flexibility index (Phi) is 5.39. The summed E-state index contributed by atoms with van der Waals surface area (Å²) in [7, 11) is -3.48. The number of benzene rings is 1. The average Bonchev–Trinajstić information content (AvgIpc) is 2.23. The van der Waals surface area contributed by atoms with Gasteiger partial charge >= 0.3 is 0 Å². The van der Waals surface area contributed by atoms with Crippen molar-refractivity contribution in [3.8, 4) is 0 Å². The molecule has 0 saturated carbocycles. The van der Waals surface area contributed by atoms with Gasteiger partial charge in [-0.25, -0.2) is 13.1 Å². The first-order valence-corrected chi connectivity index (χ1v) is 8.64. The molecule has 0 heterocycles. The third-order valence-electron chi connectivity index (χ3n) is 3.60. The average molecular weight is 297 g/mol. The van der Waals surface area contributed by atoms with Crippen molar-refractivity contribution in [3.05, 3.63) is 28.8 Å². The summed E-state index contributed by atoms with van der Waals surface area (Å²) in [6, 6.07) is 3.78. The predicted octanol–water partition coefficient (Wildman–Crippen LogP) is 3.57. The van der Waals surface area contributed by atoms with E-state index >= 15 is 0 Å². The predicted molar refractivity (Wildman–Crippen MR) is 84.4 cm³/mol. The smallest absolute Gasteiger partial charge is 0.208 e. The molecule has 0 aliphatic carbocycles. The minimum absolute atomic E-state index is 0.0555. The minimum atomic E-state index is -3.48. The molecular weight excluding hydrogens is 270 g/mol. The second kappa shape index (κ2) is 6.27. The van der Waals surface area contributed by atoms with E-state index < -0.39 is 10.0 Å². The molecule has 0 fully saturated rings. The molecule has 1 N–H and O–H groups in total. The van der Waals surface area contributed by atoms with E-state index in [4.69, 9.17) is 0 Å². The van der Waals surface area contributed by atoms with Crippen molar-refractivity contribution >= 4 is 10.0 Å². The number of rotatable bonds is 5. The van der Waals surface area contributed by atoms with Crippen molar-refractivity contribution in [2.75, 3.05) is 0 Å². The highest BCUT2D eigenvalue weighted by Gasteiger charge is 2.27. The van der Waals surface area contributed by atoms with Crippen LogP contribution in [0.25, 0.3) is 0 Å². The van der Waals surface area contributed by atoms with E-state index in [0.717, 1.165) is 16.7 Å². The van der Waals surface area contributed by atoms with Crippen LogP contribution in [0.4, 0.5) is 0 Å². The third-order valence-corrected chi connectivity index (χ3v) is 5.36. The highest BCUT2D eigenvalue weighted by molar-refractivity contribution is 7.89. The van der Waals surface area contributed by atoms with E-state index in [1.54, 1.807) is 0 Å². The van der Waals surface area contributed by atoms with E-state index in [-0.39, 0.29) is 17.9 Å². The summed E-state index contributed by atoms with van der Waals surface area (Å²) < 4.78 is 28.3. The van der Waals surface area contributed by atoms with Crippen LogP contribution in [0, 0.1) is 32.6 Å². The van der Waals surface area contributed by atoms with Crippen molar-refractivity contribution in [2.24, 2.45) is 11.8 Å². The highest BCUT2D eigenvalue weighted by Crippen LogP contribution is 2.23. The van der Waals surface area contributed by atoms with Crippen LogP contribution in [0.3, 0.4) is 0 Å². The molecule has 0 aliphatic rings. The van der Waals surface area contributed by atoms with Gasteiger partial charge in [0.2, 0.25) is 10.0 Å². The zero-order valence-corrected chi connectivity index (χ0v) is 14.4. The molecule has 0 aromatic heterocycles. The van der Waals surface area contributed by atoms with Gasteiger partial charge in [-0.1, -0.05) is 45.4 Å². The summed E-state index contributed by atoms with van der Waals surface area (Å²) in [5, 5.41) is 0. The van der Waals surface area contributed by atoms with Crippen molar-refractivity contribution in [1.29, 1.82) is 0 Å². The first-order chi connectivity index (χ1) is 9.06. The molecule has 114 valence electrons. The van der Waals surface area contributed by atoms with Crippen molar-refractivity contribution < 1.29 is 8.42 Å². The number of hydrogen-bond donors (Lipinski definition) is 1. The van der Waals surface area contributed by atoms with Crippen LogP contribution >= 0.6 is 0 Å². The van der Waals surface area contributed by atoms with Gasteiger partial charge in [-0.15, -0.1) is 0 Å². The molecule has 1 aromatic rings. The Morgan fingerprint density at radius 3 is 1.65 bits per heavy atom. The molecule has 0 bridgehead atoms. The molecule has 0 unspecified atom stereocenters.